The Kier molecular flexibility index (Phi) is 4.92. The first-order valence-corrected chi connectivity index (χ1v) is 7.48. The standard InChI is InChI=1S/C17H22N2O3/c1-17(2,3)22-16(20)19-9-8-14(11-19)12-21-15-6-4-13(10-18)5-7-15/h4-7,14H,8-9,11-12H2,1-3H3/t14-/m0/s1. The first-order chi connectivity index (χ1) is 10.4. The zero-order valence-corrected chi connectivity index (χ0v) is 13.3. The lowest BCUT2D eigenvalue weighted by atomic mass is 10.1. The van der Waals surface area contributed by atoms with Crippen LogP contribution in [0.15, 0.2) is 24.3 Å². The van der Waals surface area contributed by atoms with Crippen molar-refractivity contribution in [3.05, 3.63) is 29.8 Å². The first-order valence-electron chi connectivity index (χ1n) is 7.48. The molecule has 0 N–H and O–H groups in total. The molecule has 1 heterocycles. The molecule has 1 aliphatic heterocycles. The number of amides is 1. The van der Waals surface area contributed by atoms with Crippen molar-refractivity contribution >= 4 is 6.09 Å². The largest absolute Gasteiger partial charge is 0.493 e. The van der Waals surface area contributed by atoms with Crippen LogP contribution in [0.2, 0.25) is 0 Å². The summed E-state index contributed by atoms with van der Waals surface area (Å²) < 4.78 is 11.1. The molecule has 1 fully saturated rings. The minimum atomic E-state index is -0.464. The van der Waals surface area contributed by atoms with Gasteiger partial charge < -0.3 is 14.4 Å². The normalized spacial score (nSPS) is 17.9. The van der Waals surface area contributed by atoms with E-state index in [1.54, 1.807) is 29.2 Å². The number of hydrogen-bond donors (Lipinski definition) is 0. The molecular formula is C17H22N2O3. The summed E-state index contributed by atoms with van der Waals surface area (Å²) >= 11 is 0. The molecule has 1 saturated heterocycles. The van der Waals surface area contributed by atoms with Crippen LogP contribution < -0.4 is 4.74 Å². The molecule has 0 radical (unpaired) electrons. The van der Waals surface area contributed by atoms with E-state index in [1.165, 1.54) is 0 Å². The van der Waals surface area contributed by atoms with Crippen LogP contribution >= 0.6 is 0 Å². The van der Waals surface area contributed by atoms with Gasteiger partial charge in [-0.25, -0.2) is 4.79 Å². The highest BCUT2D eigenvalue weighted by Crippen LogP contribution is 2.21. The Balaban J connectivity index is 1.78. The van der Waals surface area contributed by atoms with Gasteiger partial charge in [0.15, 0.2) is 0 Å². The third-order valence-corrected chi connectivity index (χ3v) is 3.41. The summed E-state index contributed by atoms with van der Waals surface area (Å²) in [6.45, 7) is 7.53. The molecule has 118 valence electrons. The van der Waals surface area contributed by atoms with E-state index < -0.39 is 5.60 Å². The number of carbonyl (C=O) groups is 1. The smallest absolute Gasteiger partial charge is 0.410 e. The number of nitriles is 1. The Morgan fingerprint density at radius 3 is 2.64 bits per heavy atom. The number of rotatable bonds is 3. The number of hydrogen-bond acceptors (Lipinski definition) is 4. The molecule has 1 atom stereocenters. The van der Waals surface area contributed by atoms with Crippen molar-refractivity contribution in [2.45, 2.75) is 32.8 Å². The molecule has 5 heteroatoms. The zero-order valence-electron chi connectivity index (χ0n) is 13.3. The second-order valence-corrected chi connectivity index (χ2v) is 6.53. The summed E-state index contributed by atoms with van der Waals surface area (Å²) in [7, 11) is 0. The summed E-state index contributed by atoms with van der Waals surface area (Å²) in [5.74, 6) is 1.05. The van der Waals surface area contributed by atoms with Gasteiger partial charge in [-0.2, -0.15) is 5.26 Å². The molecule has 0 spiro atoms. The molecule has 5 nitrogen and oxygen atoms in total. The Bertz CT molecular complexity index is 555. The Morgan fingerprint density at radius 2 is 2.05 bits per heavy atom. The first kappa shape index (κ1) is 16.2. The molecule has 0 unspecified atom stereocenters. The third kappa shape index (κ3) is 4.66. The number of benzene rings is 1. The van der Waals surface area contributed by atoms with Crippen molar-refractivity contribution in [2.75, 3.05) is 19.7 Å². The van der Waals surface area contributed by atoms with Crippen LogP contribution in [0.5, 0.6) is 5.75 Å². The van der Waals surface area contributed by atoms with Crippen LogP contribution in [0.25, 0.3) is 0 Å². The quantitative estimate of drug-likeness (QED) is 0.860. The fourth-order valence-corrected chi connectivity index (χ4v) is 2.30. The maximum absolute atomic E-state index is 12.0. The minimum Gasteiger partial charge on any atom is -0.493 e. The van der Waals surface area contributed by atoms with Crippen molar-refractivity contribution in [3.63, 3.8) is 0 Å². The molecule has 0 aliphatic carbocycles. The number of likely N-dealkylation sites (tertiary alicyclic amines) is 1. The van der Waals surface area contributed by atoms with Crippen molar-refractivity contribution < 1.29 is 14.3 Å². The molecular weight excluding hydrogens is 280 g/mol. The highest BCUT2D eigenvalue weighted by molar-refractivity contribution is 5.68. The Morgan fingerprint density at radius 1 is 1.36 bits per heavy atom. The summed E-state index contributed by atoms with van der Waals surface area (Å²) in [6, 6.07) is 9.12. The van der Waals surface area contributed by atoms with Gasteiger partial charge in [0.25, 0.3) is 0 Å². The molecule has 0 saturated carbocycles. The SMILES string of the molecule is CC(C)(C)OC(=O)N1CC[C@H](COc2ccc(C#N)cc2)C1. The molecule has 22 heavy (non-hydrogen) atoms. The van der Waals surface area contributed by atoms with Crippen molar-refractivity contribution in [1.29, 1.82) is 5.26 Å². The van der Waals surface area contributed by atoms with Gasteiger partial charge in [0.1, 0.15) is 11.4 Å². The average Bonchev–Trinajstić information content (AvgIpc) is 2.93. The van der Waals surface area contributed by atoms with Gasteiger partial charge >= 0.3 is 6.09 Å². The van der Waals surface area contributed by atoms with Crippen molar-refractivity contribution in [2.24, 2.45) is 5.92 Å². The molecule has 0 bridgehead atoms. The van der Waals surface area contributed by atoms with Crippen molar-refractivity contribution in [3.8, 4) is 11.8 Å². The molecule has 1 aromatic rings. The van der Waals surface area contributed by atoms with Gasteiger partial charge in [0, 0.05) is 19.0 Å². The van der Waals surface area contributed by atoms with Crippen LogP contribution in [-0.2, 0) is 4.74 Å². The summed E-state index contributed by atoms with van der Waals surface area (Å²) in [5, 5.41) is 8.75. The third-order valence-electron chi connectivity index (χ3n) is 3.41. The molecule has 1 aliphatic rings. The Hall–Kier alpha value is -2.22. The van der Waals surface area contributed by atoms with Gasteiger partial charge in [-0.15, -0.1) is 0 Å². The summed E-state index contributed by atoms with van der Waals surface area (Å²) in [5.41, 5.74) is 0.151. The molecule has 1 aromatic carbocycles. The van der Waals surface area contributed by atoms with Crippen LogP contribution in [0, 0.1) is 17.2 Å². The van der Waals surface area contributed by atoms with E-state index in [2.05, 4.69) is 6.07 Å². The van der Waals surface area contributed by atoms with Gasteiger partial charge in [0.2, 0.25) is 0 Å². The van der Waals surface area contributed by atoms with E-state index in [4.69, 9.17) is 14.7 Å². The van der Waals surface area contributed by atoms with E-state index in [-0.39, 0.29) is 6.09 Å². The van der Waals surface area contributed by atoms with Crippen LogP contribution in [0.4, 0.5) is 4.79 Å². The maximum atomic E-state index is 12.0. The molecule has 1 amide bonds. The molecule has 0 aromatic heterocycles. The average molecular weight is 302 g/mol. The zero-order chi connectivity index (χ0) is 16.2. The maximum Gasteiger partial charge on any atom is 0.410 e. The lowest BCUT2D eigenvalue weighted by molar-refractivity contribution is 0.0285. The molecule has 2 rings (SSSR count). The van der Waals surface area contributed by atoms with E-state index in [0.717, 1.165) is 12.2 Å². The number of carbonyl (C=O) groups excluding carboxylic acids is 1. The minimum absolute atomic E-state index is 0.256. The fraction of sp³-hybridized carbons (Fsp3) is 0.529. The van der Waals surface area contributed by atoms with Gasteiger partial charge in [-0.3, -0.25) is 0 Å². The Labute approximate surface area is 131 Å². The lowest BCUT2D eigenvalue weighted by Gasteiger charge is -2.24. The van der Waals surface area contributed by atoms with Crippen LogP contribution in [0.1, 0.15) is 32.8 Å². The topological polar surface area (TPSA) is 62.6 Å². The van der Waals surface area contributed by atoms with Gasteiger partial charge in [-0.05, 0) is 51.5 Å². The highest BCUT2D eigenvalue weighted by atomic mass is 16.6. The fourth-order valence-electron chi connectivity index (χ4n) is 2.30. The van der Waals surface area contributed by atoms with E-state index in [1.807, 2.05) is 20.8 Å². The van der Waals surface area contributed by atoms with Crippen molar-refractivity contribution in [1.82, 2.24) is 4.90 Å². The van der Waals surface area contributed by atoms with E-state index >= 15 is 0 Å². The lowest BCUT2D eigenvalue weighted by Crippen LogP contribution is -2.35. The number of nitrogens with zero attached hydrogens (tertiary/aromatic N) is 2. The monoisotopic (exact) mass is 302 g/mol. The van der Waals surface area contributed by atoms with Gasteiger partial charge in [-0.1, -0.05) is 0 Å². The van der Waals surface area contributed by atoms with Crippen LogP contribution in [-0.4, -0.2) is 36.3 Å². The second-order valence-electron chi connectivity index (χ2n) is 6.53. The van der Waals surface area contributed by atoms with E-state index in [9.17, 15) is 4.79 Å². The highest BCUT2D eigenvalue weighted by Gasteiger charge is 2.30. The summed E-state index contributed by atoms with van der Waals surface area (Å²) in [6.07, 6.45) is 0.656. The van der Waals surface area contributed by atoms with Crippen LogP contribution in [0.3, 0.4) is 0 Å². The predicted molar refractivity (Wildman–Crippen MR) is 82.6 cm³/mol. The number of ether oxygens (including phenoxy) is 2. The predicted octanol–water partition coefficient (Wildman–Crippen LogP) is 3.19. The second kappa shape index (κ2) is 6.69. The summed E-state index contributed by atoms with van der Waals surface area (Å²) in [4.78, 5) is 13.7. The van der Waals surface area contributed by atoms with E-state index in [0.29, 0.717) is 31.2 Å². The van der Waals surface area contributed by atoms with Gasteiger partial charge in [0.05, 0.1) is 18.2 Å².